The molecule has 0 saturated heterocycles. The van der Waals surface area contributed by atoms with Crippen molar-refractivity contribution in [2.75, 3.05) is 6.61 Å². The number of carbonyl (C=O) groups is 2. The highest BCUT2D eigenvalue weighted by Crippen LogP contribution is 2.19. The van der Waals surface area contributed by atoms with Crippen LogP contribution in [-0.4, -0.2) is 27.7 Å². The van der Waals surface area contributed by atoms with Crippen molar-refractivity contribution in [3.05, 3.63) is 71.5 Å². The number of ketones is 1. The van der Waals surface area contributed by atoms with E-state index in [9.17, 15) is 9.59 Å². The number of fused-ring (bicyclic) bond motifs is 2. The topological polar surface area (TPSA) is 60.7 Å². The Labute approximate surface area is 147 Å². The molecule has 4 aromatic rings. The highest BCUT2D eigenvalue weighted by atomic mass is 32.1. The average Bonchev–Trinajstić information content (AvgIpc) is 3.20. The first-order valence-corrected chi connectivity index (χ1v) is 8.66. The first-order valence-electron chi connectivity index (χ1n) is 7.78. The van der Waals surface area contributed by atoms with Gasteiger partial charge in [0, 0.05) is 23.3 Å². The standard InChI is InChI=1S/C19H14N2O3S/c22-17(16-7-3-5-13-4-1-2-6-15(13)16)12-24-18(23)10-14-11-21-8-9-25-19(21)20-14/h1-9,11H,10,12H2. The zero-order valence-corrected chi connectivity index (χ0v) is 14.0. The third-order valence-corrected chi connectivity index (χ3v) is 4.69. The van der Waals surface area contributed by atoms with Crippen LogP contribution in [0.2, 0.25) is 0 Å². The summed E-state index contributed by atoms with van der Waals surface area (Å²) in [5.41, 5.74) is 1.20. The lowest BCUT2D eigenvalue weighted by Gasteiger charge is -2.06. The van der Waals surface area contributed by atoms with Gasteiger partial charge in [-0.1, -0.05) is 42.5 Å². The van der Waals surface area contributed by atoms with E-state index in [1.54, 1.807) is 12.3 Å². The molecule has 0 saturated carbocycles. The van der Waals surface area contributed by atoms with Crippen LogP contribution in [0, 0.1) is 0 Å². The van der Waals surface area contributed by atoms with Crippen molar-refractivity contribution in [2.45, 2.75) is 6.42 Å². The van der Waals surface area contributed by atoms with Crippen LogP contribution in [0.5, 0.6) is 0 Å². The fourth-order valence-electron chi connectivity index (χ4n) is 2.75. The summed E-state index contributed by atoms with van der Waals surface area (Å²) in [7, 11) is 0. The van der Waals surface area contributed by atoms with Gasteiger partial charge in [-0.15, -0.1) is 11.3 Å². The van der Waals surface area contributed by atoms with Crippen molar-refractivity contribution in [2.24, 2.45) is 0 Å². The number of benzene rings is 2. The molecule has 5 nitrogen and oxygen atoms in total. The number of aromatic nitrogens is 2. The molecular weight excluding hydrogens is 336 g/mol. The van der Waals surface area contributed by atoms with E-state index in [-0.39, 0.29) is 18.8 Å². The van der Waals surface area contributed by atoms with Crippen molar-refractivity contribution in [3.8, 4) is 0 Å². The Morgan fingerprint density at radius 2 is 1.96 bits per heavy atom. The number of carbonyl (C=O) groups excluding carboxylic acids is 2. The van der Waals surface area contributed by atoms with E-state index in [4.69, 9.17) is 4.74 Å². The summed E-state index contributed by atoms with van der Waals surface area (Å²) >= 11 is 1.50. The molecule has 0 fully saturated rings. The van der Waals surface area contributed by atoms with Gasteiger partial charge < -0.3 is 4.74 Å². The molecule has 2 aromatic carbocycles. The maximum atomic E-state index is 12.4. The van der Waals surface area contributed by atoms with Crippen molar-refractivity contribution in [1.29, 1.82) is 0 Å². The minimum absolute atomic E-state index is 0.0528. The van der Waals surface area contributed by atoms with Crippen LogP contribution in [-0.2, 0) is 16.0 Å². The van der Waals surface area contributed by atoms with E-state index < -0.39 is 5.97 Å². The zero-order chi connectivity index (χ0) is 17.2. The molecule has 0 aliphatic rings. The molecule has 0 amide bonds. The smallest absolute Gasteiger partial charge is 0.312 e. The Balaban J connectivity index is 1.42. The number of esters is 1. The lowest BCUT2D eigenvalue weighted by atomic mass is 10.0. The fraction of sp³-hybridized carbons (Fsp3) is 0.105. The number of ether oxygens (including phenoxy) is 1. The monoisotopic (exact) mass is 350 g/mol. The Morgan fingerprint density at radius 3 is 2.84 bits per heavy atom. The Kier molecular flexibility index (Phi) is 4.03. The van der Waals surface area contributed by atoms with Crippen molar-refractivity contribution in [3.63, 3.8) is 0 Å². The molecule has 4 rings (SSSR count). The van der Waals surface area contributed by atoms with Crippen molar-refractivity contribution in [1.82, 2.24) is 9.38 Å². The Bertz CT molecular complexity index is 1050. The summed E-state index contributed by atoms with van der Waals surface area (Å²) in [6.45, 7) is -0.269. The number of rotatable bonds is 5. The summed E-state index contributed by atoms with van der Waals surface area (Å²) in [4.78, 5) is 29.6. The van der Waals surface area contributed by atoms with Gasteiger partial charge in [-0.25, -0.2) is 4.98 Å². The van der Waals surface area contributed by atoms with Gasteiger partial charge in [-0.2, -0.15) is 0 Å². The number of hydrogen-bond acceptors (Lipinski definition) is 5. The summed E-state index contributed by atoms with van der Waals surface area (Å²) in [6.07, 6.45) is 3.72. The maximum Gasteiger partial charge on any atom is 0.312 e. The van der Waals surface area contributed by atoms with Gasteiger partial charge in [0.15, 0.2) is 11.6 Å². The predicted octanol–water partition coefficient (Wildman–Crippen LogP) is 3.52. The Morgan fingerprint density at radius 1 is 1.12 bits per heavy atom. The van der Waals surface area contributed by atoms with Gasteiger partial charge in [-0.05, 0) is 10.8 Å². The minimum atomic E-state index is -0.459. The SMILES string of the molecule is O=C(Cc1cn2ccsc2n1)OCC(=O)c1cccc2ccccc12. The molecule has 124 valence electrons. The molecule has 25 heavy (non-hydrogen) atoms. The molecule has 0 unspecified atom stereocenters. The molecule has 0 bridgehead atoms. The molecule has 0 radical (unpaired) electrons. The fourth-order valence-corrected chi connectivity index (χ4v) is 3.47. The summed E-state index contributed by atoms with van der Waals surface area (Å²) in [6, 6.07) is 13.2. The van der Waals surface area contributed by atoms with Gasteiger partial charge in [0.25, 0.3) is 0 Å². The second-order valence-corrected chi connectivity index (χ2v) is 6.49. The quantitative estimate of drug-likeness (QED) is 0.408. The largest absolute Gasteiger partial charge is 0.457 e. The van der Waals surface area contributed by atoms with E-state index in [1.165, 1.54) is 11.3 Å². The number of nitrogens with zero attached hydrogens (tertiary/aromatic N) is 2. The minimum Gasteiger partial charge on any atom is -0.457 e. The van der Waals surface area contributed by atoms with Crippen molar-refractivity contribution < 1.29 is 14.3 Å². The predicted molar refractivity (Wildman–Crippen MR) is 96.0 cm³/mol. The summed E-state index contributed by atoms with van der Waals surface area (Å²) in [5.74, 6) is -0.671. The Hall–Kier alpha value is -2.99. The van der Waals surface area contributed by atoms with Crippen LogP contribution >= 0.6 is 11.3 Å². The zero-order valence-electron chi connectivity index (χ0n) is 13.2. The molecule has 0 aliphatic carbocycles. The average molecular weight is 350 g/mol. The highest BCUT2D eigenvalue weighted by Gasteiger charge is 2.14. The molecule has 2 heterocycles. The van der Waals surface area contributed by atoms with Crippen molar-refractivity contribution >= 4 is 38.8 Å². The maximum absolute atomic E-state index is 12.4. The van der Waals surface area contributed by atoms with E-state index in [0.717, 1.165) is 15.7 Å². The third kappa shape index (κ3) is 3.16. The molecule has 6 heteroatoms. The highest BCUT2D eigenvalue weighted by molar-refractivity contribution is 7.15. The van der Waals surface area contributed by atoms with Crippen LogP contribution in [0.25, 0.3) is 15.7 Å². The van der Waals surface area contributed by atoms with Crippen LogP contribution < -0.4 is 0 Å². The molecule has 2 aromatic heterocycles. The van der Waals surface area contributed by atoms with E-state index >= 15 is 0 Å². The van der Waals surface area contributed by atoms with Gasteiger partial charge in [0.1, 0.15) is 0 Å². The molecule has 0 N–H and O–H groups in total. The van der Waals surface area contributed by atoms with Gasteiger partial charge in [0.2, 0.25) is 5.78 Å². The third-order valence-electron chi connectivity index (χ3n) is 3.92. The van der Waals surface area contributed by atoms with E-state index in [0.29, 0.717) is 11.3 Å². The number of hydrogen-bond donors (Lipinski definition) is 0. The van der Waals surface area contributed by atoms with Crippen LogP contribution in [0.15, 0.2) is 60.2 Å². The number of Topliss-reactive ketones (excluding diaryl/α,β-unsaturated/α-hetero) is 1. The van der Waals surface area contributed by atoms with Crippen LogP contribution in [0.1, 0.15) is 16.1 Å². The normalized spacial score (nSPS) is 11.0. The van der Waals surface area contributed by atoms with Gasteiger partial charge >= 0.3 is 5.97 Å². The second kappa shape index (κ2) is 6.49. The molecule has 0 aliphatic heterocycles. The molecule has 0 spiro atoms. The number of thiazole rings is 1. The second-order valence-electron chi connectivity index (χ2n) is 5.61. The molecular formula is C19H14N2O3S. The summed E-state index contributed by atoms with van der Waals surface area (Å²) in [5, 5.41) is 3.77. The lowest BCUT2D eigenvalue weighted by molar-refractivity contribution is -0.141. The van der Waals surface area contributed by atoms with E-state index in [2.05, 4.69) is 4.98 Å². The lowest BCUT2D eigenvalue weighted by Crippen LogP contribution is -2.16. The van der Waals surface area contributed by atoms with Crippen LogP contribution in [0.4, 0.5) is 0 Å². The van der Waals surface area contributed by atoms with E-state index in [1.807, 2.05) is 52.4 Å². The van der Waals surface area contributed by atoms with Crippen LogP contribution in [0.3, 0.4) is 0 Å². The first kappa shape index (κ1) is 15.5. The summed E-state index contributed by atoms with van der Waals surface area (Å²) < 4.78 is 7.01. The van der Waals surface area contributed by atoms with Gasteiger partial charge in [-0.3, -0.25) is 14.0 Å². The first-order chi connectivity index (χ1) is 12.2. The van der Waals surface area contributed by atoms with Gasteiger partial charge in [0.05, 0.1) is 12.1 Å². The number of imidazole rings is 1. The molecule has 0 atom stereocenters.